The van der Waals surface area contributed by atoms with Crippen LogP contribution in [0, 0.1) is 10.1 Å². The SMILES string of the molecule is O=C(Cc1ccc(Cl)c(Cl)c1)Nc1cc(-c2cccc([N+](=O)[O-])c2)[nH]n1. The van der Waals surface area contributed by atoms with Crippen LogP contribution in [0.5, 0.6) is 0 Å². The number of halogens is 2. The Morgan fingerprint density at radius 3 is 2.69 bits per heavy atom. The molecule has 0 radical (unpaired) electrons. The maximum absolute atomic E-state index is 12.1. The third-order valence-electron chi connectivity index (χ3n) is 3.56. The van der Waals surface area contributed by atoms with Crippen molar-refractivity contribution in [1.29, 1.82) is 0 Å². The maximum Gasteiger partial charge on any atom is 0.270 e. The molecule has 9 heteroatoms. The summed E-state index contributed by atoms with van der Waals surface area (Å²) in [4.78, 5) is 22.5. The molecule has 0 aliphatic heterocycles. The molecule has 26 heavy (non-hydrogen) atoms. The number of carbonyl (C=O) groups excluding carboxylic acids is 1. The van der Waals surface area contributed by atoms with E-state index >= 15 is 0 Å². The van der Waals surface area contributed by atoms with Crippen molar-refractivity contribution in [2.24, 2.45) is 0 Å². The van der Waals surface area contributed by atoms with Gasteiger partial charge in [-0.2, -0.15) is 5.10 Å². The van der Waals surface area contributed by atoms with Crippen molar-refractivity contribution in [1.82, 2.24) is 10.2 Å². The topological polar surface area (TPSA) is 101 Å². The Morgan fingerprint density at radius 1 is 1.15 bits per heavy atom. The van der Waals surface area contributed by atoms with Gasteiger partial charge in [-0.05, 0) is 17.7 Å². The van der Waals surface area contributed by atoms with E-state index in [2.05, 4.69) is 15.5 Å². The molecule has 1 aromatic heterocycles. The van der Waals surface area contributed by atoms with Crippen molar-refractivity contribution in [3.8, 4) is 11.3 Å². The highest BCUT2D eigenvalue weighted by Crippen LogP contribution is 2.25. The molecule has 0 saturated heterocycles. The number of nitro groups is 1. The van der Waals surface area contributed by atoms with E-state index in [4.69, 9.17) is 23.2 Å². The van der Waals surface area contributed by atoms with E-state index in [0.29, 0.717) is 32.7 Å². The van der Waals surface area contributed by atoms with Crippen LogP contribution in [0.4, 0.5) is 11.5 Å². The number of nitrogens with one attached hydrogen (secondary N) is 2. The van der Waals surface area contributed by atoms with E-state index in [1.54, 1.807) is 36.4 Å². The van der Waals surface area contributed by atoms with Crippen LogP contribution in [0.1, 0.15) is 5.56 Å². The minimum absolute atomic E-state index is 0.0256. The van der Waals surface area contributed by atoms with Crippen molar-refractivity contribution < 1.29 is 9.72 Å². The Labute approximate surface area is 158 Å². The summed E-state index contributed by atoms with van der Waals surface area (Å²) < 4.78 is 0. The molecule has 3 rings (SSSR count). The third-order valence-corrected chi connectivity index (χ3v) is 4.30. The first-order valence-corrected chi connectivity index (χ1v) is 8.22. The second-order valence-corrected chi connectivity index (χ2v) is 6.26. The van der Waals surface area contributed by atoms with Gasteiger partial charge in [-0.1, -0.05) is 41.4 Å². The Kier molecular flexibility index (Phi) is 5.20. The second kappa shape index (κ2) is 7.55. The zero-order valence-corrected chi connectivity index (χ0v) is 14.7. The minimum atomic E-state index is -0.472. The number of non-ortho nitro benzene ring substituents is 1. The standard InChI is InChI=1S/C17H12Cl2N4O3/c18-13-5-4-10(6-14(13)19)7-17(24)20-16-9-15(21-22-16)11-2-1-3-12(8-11)23(25)26/h1-6,8-9H,7H2,(H2,20,21,22,24). The number of hydrogen-bond donors (Lipinski definition) is 2. The summed E-state index contributed by atoms with van der Waals surface area (Å²) in [5.74, 6) is 0.0389. The molecule has 132 valence electrons. The third kappa shape index (κ3) is 4.19. The van der Waals surface area contributed by atoms with Crippen LogP contribution in [-0.2, 0) is 11.2 Å². The smallest absolute Gasteiger partial charge is 0.270 e. The summed E-state index contributed by atoms with van der Waals surface area (Å²) in [7, 11) is 0. The lowest BCUT2D eigenvalue weighted by atomic mass is 10.1. The number of benzene rings is 2. The number of amides is 1. The van der Waals surface area contributed by atoms with Gasteiger partial charge in [0.15, 0.2) is 5.82 Å². The van der Waals surface area contributed by atoms with Gasteiger partial charge < -0.3 is 5.32 Å². The number of rotatable bonds is 5. The van der Waals surface area contributed by atoms with Crippen molar-refractivity contribution in [2.75, 3.05) is 5.32 Å². The predicted molar refractivity (Wildman–Crippen MR) is 99.5 cm³/mol. The summed E-state index contributed by atoms with van der Waals surface area (Å²) in [5.41, 5.74) is 1.84. The van der Waals surface area contributed by atoms with Crippen molar-refractivity contribution >= 4 is 40.6 Å². The monoisotopic (exact) mass is 390 g/mol. The van der Waals surface area contributed by atoms with Gasteiger partial charge in [0.1, 0.15) is 0 Å². The maximum atomic E-state index is 12.1. The average molecular weight is 391 g/mol. The van der Waals surface area contributed by atoms with Crippen molar-refractivity contribution in [2.45, 2.75) is 6.42 Å². The molecule has 0 bridgehead atoms. The zero-order chi connectivity index (χ0) is 18.7. The number of nitro benzene ring substituents is 1. The predicted octanol–water partition coefficient (Wildman–Crippen LogP) is 4.47. The molecule has 0 atom stereocenters. The number of anilines is 1. The van der Waals surface area contributed by atoms with Gasteiger partial charge >= 0.3 is 0 Å². The molecule has 0 spiro atoms. The number of hydrogen-bond acceptors (Lipinski definition) is 4. The van der Waals surface area contributed by atoms with Crippen molar-refractivity contribution in [3.63, 3.8) is 0 Å². The molecule has 0 aliphatic carbocycles. The largest absolute Gasteiger partial charge is 0.309 e. The molecule has 2 N–H and O–H groups in total. The van der Waals surface area contributed by atoms with Gasteiger partial charge in [0.2, 0.25) is 5.91 Å². The molecule has 2 aromatic carbocycles. The van der Waals surface area contributed by atoms with Gasteiger partial charge in [0.05, 0.1) is 27.1 Å². The fourth-order valence-corrected chi connectivity index (χ4v) is 2.66. The first-order valence-electron chi connectivity index (χ1n) is 7.46. The van der Waals surface area contributed by atoms with Crippen molar-refractivity contribution in [3.05, 3.63) is 74.3 Å². The van der Waals surface area contributed by atoms with Crippen LogP contribution in [0.3, 0.4) is 0 Å². The zero-order valence-electron chi connectivity index (χ0n) is 13.2. The molecule has 0 aliphatic rings. The lowest BCUT2D eigenvalue weighted by molar-refractivity contribution is -0.384. The summed E-state index contributed by atoms with van der Waals surface area (Å²) >= 11 is 11.8. The van der Waals surface area contributed by atoms with Crippen LogP contribution >= 0.6 is 23.2 Å². The molecule has 7 nitrogen and oxygen atoms in total. The summed E-state index contributed by atoms with van der Waals surface area (Å²) in [6, 6.07) is 12.7. The molecule has 1 amide bonds. The van der Waals surface area contributed by atoms with Gasteiger partial charge in [0, 0.05) is 23.8 Å². The van der Waals surface area contributed by atoms with Crippen LogP contribution < -0.4 is 5.32 Å². The fraction of sp³-hybridized carbons (Fsp3) is 0.0588. The van der Waals surface area contributed by atoms with Gasteiger partial charge in [0.25, 0.3) is 5.69 Å². The number of aromatic nitrogens is 2. The lowest BCUT2D eigenvalue weighted by Gasteiger charge is -2.03. The van der Waals surface area contributed by atoms with E-state index in [-0.39, 0.29) is 18.0 Å². The number of nitrogens with zero attached hydrogens (tertiary/aromatic N) is 2. The van der Waals surface area contributed by atoms with E-state index in [0.717, 1.165) is 0 Å². The first-order chi connectivity index (χ1) is 12.4. The average Bonchev–Trinajstić information content (AvgIpc) is 3.06. The lowest BCUT2D eigenvalue weighted by Crippen LogP contribution is -2.14. The summed E-state index contributed by atoms with van der Waals surface area (Å²) in [6.45, 7) is 0. The molecular weight excluding hydrogens is 379 g/mol. The minimum Gasteiger partial charge on any atom is -0.309 e. The molecule has 0 unspecified atom stereocenters. The highest BCUT2D eigenvalue weighted by molar-refractivity contribution is 6.42. The van der Waals surface area contributed by atoms with Crippen LogP contribution in [0.25, 0.3) is 11.3 Å². The van der Waals surface area contributed by atoms with E-state index in [1.807, 2.05) is 0 Å². The number of H-pyrrole nitrogens is 1. The second-order valence-electron chi connectivity index (χ2n) is 5.45. The van der Waals surface area contributed by atoms with Gasteiger partial charge in [-0.25, -0.2) is 0 Å². The number of carbonyl (C=O) groups is 1. The molecule has 0 saturated carbocycles. The van der Waals surface area contributed by atoms with Crippen LogP contribution in [0.2, 0.25) is 10.0 Å². The molecule has 3 aromatic rings. The fourth-order valence-electron chi connectivity index (χ4n) is 2.34. The van der Waals surface area contributed by atoms with Gasteiger partial charge in [-0.15, -0.1) is 0 Å². The van der Waals surface area contributed by atoms with Crippen LogP contribution in [0.15, 0.2) is 48.5 Å². The Balaban J connectivity index is 1.70. The van der Waals surface area contributed by atoms with Gasteiger partial charge in [-0.3, -0.25) is 20.0 Å². The van der Waals surface area contributed by atoms with E-state index in [9.17, 15) is 14.9 Å². The number of aromatic amines is 1. The normalized spacial score (nSPS) is 10.5. The van der Waals surface area contributed by atoms with E-state index < -0.39 is 4.92 Å². The van der Waals surface area contributed by atoms with E-state index in [1.165, 1.54) is 12.1 Å². The molecule has 1 heterocycles. The quantitative estimate of drug-likeness (QED) is 0.495. The first kappa shape index (κ1) is 17.9. The highest BCUT2D eigenvalue weighted by atomic mass is 35.5. The molecule has 0 fully saturated rings. The Bertz CT molecular complexity index is 988. The van der Waals surface area contributed by atoms with Crippen LogP contribution in [-0.4, -0.2) is 21.0 Å². The summed E-state index contributed by atoms with van der Waals surface area (Å²) in [5, 5.41) is 21.1. The summed E-state index contributed by atoms with van der Waals surface area (Å²) in [6.07, 6.45) is 0.107. The highest BCUT2D eigenvalue weighted by Gasteiger charge is 2.11. The Hall–Kier alpha value is -2.90. The Morgan fingerprint density at radius 2 is 1.96 bits per heavy atom. The molecular formula is C17H12Cl2N4O3.